The van der Waals surface area contributed by atoms with Crippen molar-refractivity contribution in [1.82, 2.24) is 8.87 Å². The number of para-hydroxylation sites is 1. The number of aryl methyl sites for hydroxylation is 1. The van der Waals surface area contributed by atoms with Gasteiger partial charge in [0, 0.05) is 24.3 Å². The van der Waals surface area contributed by atoms with Gasteiger partial charge in [0.2, 0.25) is 5.91 Å². The van der Waals surface area contributed by atoms with Crippen molar-refractivity contribution < 1.29 is 23.1 Å². The minimum Gasteiger partial charge on any atom is -0.481 e. The van der Waals surface area contributed by atoms with Crippen LogP contribution >= 0.6 is 0 Å². The van der Waals surface area contributed by atoms with Gasteiger partial charge in [-0.1, -0.05) is 42.8 Å². The van der Waals surface area contributed by atoms with Gasteiger partial charge >= 0.3 is 5.97 Å². The molecule has 0 bridgehead atoms. The summed E-state index contributed by atoms with van der Waals surface area (Å²) in [4.78, 5) is 27.4. The molecule has 8 heteroatoms. The molecule has 2 aromatic carbocycles. The zero-order valence-electron chi connectivity index (χ0n) is 19.1. The summed E-state index contributed by atoms with van der Waals surface area (Å²) < 4.78 is 29.8. The van der Waals surface area contributed by atoms with Crippen LogP contribution in [-0.4, -0.2) is 40.8 Å². The van der Waals surface area contributed by atoms with Gasteiger partial charge < -0.3 is 10.0 Å². The number of carbonyl (C=O) groups excluding carboxylic acids is 1. The molecule has 1 saturated heterocycles. The molecule has 7 nitrogen and oxygen atoms in total. The van der Waals surface area contributed by atoms with Crippen molar-refractivity contribution in [3.63, 3.8) is 0 Å². The number of aliphatic carboxylic acids is 1. The highest BCUT2D eigenvalue weighted by Gasteiger charge is 2.67. The number of aromatic nitrogens is 1. The molecule has 1 N–H and O–H groups in total. The average molecular weight is 479 g/mol. The summed E-state index contributed by atoms with van der Waals surface area (Å²) in [6.07, 6.45) is 1.11. The molecule has 34 heavy (non-hydrogen) atoms. The number of rotatable bonds is 3. The first kappa shape index (κ1) is 21.4. The molecular weight excluding hydrogens is 452 g/mol. The molecule has 4 atom stereocenters. The van der Waals surface area contributed by atoms with E-state index in [9.17, 15) is 23.1 Å². The van der Waals surface area contributed by atoms with Gasteiger partial charge in [0.15, 0.2) is 0 Å². The summed E-state index contributed by atoms with van der Waals surface area (Å²) >= 11 is 0. The zero-order chi connectivity index (χ0) is 24.0. The Hall–Kier alpha value is -3.13. The summed E-state index contributed by atoms with van der Waals surface area (Å²) in [5.41, 5.74) is 2.10. The van der Waals surface area contributed by atoms with E-state index in [1.165, 1.54) is 3.97 Å². The number of hydrogen-bond acceptors (Lipinski definition) is 4. The molecule has 3 heterocycles. The molecule has 1 spiro atoms. The van der Waals surface area contributed by atoms with Crippen molar-refractivity contribution >= 4 is 32.8 Å². The fraction of sp³-hybridized carbons (Fsp3) is 0.385. The Kier molecular flexibility index (Phi) is 4.37. The van der Waals surface area contributed by atoms with E-state index in [1.807, 2.05) is 32.0 Å². The van der Waals surface area contributed by atoms with E-state index in [2.05, 4.69) is 0 Å². The predicted octanol–water partition coefficient (Wildman–Crippen LogP) is 3.53. The molecule has 1 aliphatic carbocycles. The van der Waals surface area contributed by atoms with Crippen LogP contribution in [0.15, 0.2) is 53.4 Å². The van der Waals surface area contributed by atoms with E-state index in [4.69, 9.17) is 0 Å². The van der Waals surface area contributed by atoms with E-state index in [0.717, 1.165) is 16.5 Å². The van der Waals surface area contributed by atoms with E-state index in [1.54, 1.807) is 35.2 Å². The van der Waals surface area contributed by atoms with Gasteiger partial charge in [-0.3, -0.25) is 9.59 Å². The number of amides is 1. The van der Waals surface area contributed by atoms with Crippen LogP contribution in [-0.2, 0) is 31.6 Å². The van der Waals surface area contributed by atoms with Crippen LogP contribution in [0.4, 0.5) is 0 Å². The molecule has 0 unspecified atom stereocenters. The quantitative estimate of drug-likeness (QED) is 0.621. The number of carboxylic acids is 1. The standard InChI is InChI=1S/C26H26N2O5S/c1-15-7-9-17(10-8-15)34(32,33)28-21-6-4-3-5-18(21)19-11-12-27-22(29)13-20-23(25(30)31)16(2)14-26(20,27)24(19)28/h3-10,16,20,23H,11-14H2,1-2H3,(H,30,31)/t16-,20-,23+,26+/m0/s1. The van der Waals surface area contributed by atoms with Crippen molar-refractivity contribution in [2.24, 2.45) is 17.8 Å². The second-order valence-electron chi connectivity index (χ2n) is 10.0. The molecule has 6 rings (SSSR count). The van der Waals surface area contributed by atoms with Crippen molar-refractivity contribution in [2.45, 2.75) is 43.5 Å². The summed E-state index contributed by atoms with van der Waals surface area (Å²) in [7, 11) is -4.00. The minimum atomic E-state index is -4.00. The number of fused-ring (bicyclic) bond motifs is 3. The fourth-order valence-electron chi connectivity index (χ4n) is 6.99. The number of benzene rings is 2. The van der Waals surface area contributed by atoms with Gasteiger partial charge in [0.1, 0.15) is 0 Å². The second-order valence-corrected chi connectivity index (χ2v) is 11.8. The molecular formula is C26H26N2O5S. The largest absolute Gasteiger partial charge is 0.481 e. The lowest BCUT2D eigenvalue weighted by atomic mass is 9.77. The van der Waals surface area contributed by atoms with E-state index < -0.39 is 33.4 Å². The van der Waals surface area contributed by atoms with Gasteiger partial charge in [-0.05, 0) is 49.4 Å². The van der Waals surface area contributed by atoms with Crippen LogP contribution in [0.2, 0.25) is 0 Å². The lowest BCUT2D eigenvalue weighted by Gasteiger charge is -2.44. The van der Waals surface area contributed by atoms with Gasteiger partial charge in [0.05, 0.1) is 27.6 Å². The summed E-state index contributed by atoms with van der Waals surface area (Å²) in [6, 6.07) is 14.2. The highest BCUT2D eigenvalue weighted by atomic mass is 32.2. The van der Waals surface area contributed by atoms with Gasteiger partial charge in [-0.15, -0.1) is 0 Å². The monoisotopic (exact) mass is 478 g/mol. The second kappa shape index (κ2) is 6.95. The number of hydrogen-bond donors (Lipinski definition) is 1. The molecule has 1 aromatic heterocycles. The number of nitrogens with zero attached hydrogens (tertiary/aromatic N) is 2. The minimum absolute atomic E-state index is 0.0849. The lowest BCUT2D eigenvalue weighted by Crippen LogP contribution is -2.51. The first-order chi connectivity index (χ1) is 16.2. The Morgan fingerprint density at radius 1 is 1.12 bits per heavy atom. The Morgan fingerprint density at radius 3 is 2.53 bits per heavy atom. The third-order valence-corrected chi connectivity index (χ3v) is 9.97. The number of carbonyl (C=O) groups is 2. The summed E-state index contributed by atoms with van der Waals surface area (Å²) in [5.74, 6) is -2.35. The Bertz CT molecular complexity index is 1470. The molecule has 2 aliphatic heterocycles. The molecule has 2 fully saturated rings. The van der Waals surface area contributed by atoms with Crippen LogP contribution in [0.5, 0.6) is 0 Å². The van der Waals surface area contributed by atoms with Crippen LogP contribution in [0.1, 0.15) is 36.6 Å². The van der Waals surface area contributed by atoms with Gasteiger partial charge in [-0.2, -0.15) is 0 Å². The third-order valence-electron chi connectivity index (χ3n) is 8.25. The van der Waals surface area contributed by atoms with Crippen LogP contribution in [0.3, 0.4) is 0 Å². The molecule has 1 amide bonds. The first-order valence-corrected chi connectivity index (χ1v) is 13.1. The fourth-order valence-corrected chi connectivity index (χ4v) is 8.60. The summed E-state index contributed by atoms with van der Waals surface area (Å²) in [6.45, 7) is 4.28. The third kappa shape index (κ3) is 2.54. The van der Waals surface area contributed by atoms with Gasteiger partial charge in [0.25, 0.3) is 10.0 Å². The van der Waals surface area contributed by atoms with E-state index in [-0.39, 0.29) is 23.1 Å². The Morgan fingerprint density at radius 2 is 1.82 bits per heavy atom. The smallest absolute Gasteiger partial charge is 0.307 e. The van der Waals surface area contributed by atoms with Crippen molar-refractivity contribution in [2.75, 3.05) is 6.54 Å². The van der Waals surface area contributed by atoms with Crippen molar-refractivity contribution in [3.05, 3.63) is 65.4 Å². The highest BCUT2D eigenvalue weighted by Crippen LogP contribution is 2.62. The molecule has 176 valence electrons. The molecule has 3 aromatic rings. The molecule has 0 radical (unpaired) electrons. The van der Waals surface area contributed by atoms with E-state index in [0.29, 0.717) is 30.6 Å². The molecule has 3 aliphatic rings. The van der Waals surface area contributed by atoms with E-state index >= 15 is 0 Å². The maximum Gasteiger partial charge on any atom is 0.307 e. The molecule has 1 saturated carbocycles. The van der Waals surface area contributed by atoms with Crippen LogP contribution in [0.25, 0.3) is 10.9 Å². The number of carboxylic acid groups (broad SMARTS) is 1. The average Bonchev–Trinajstić information content (AvgIpc) is 3.37. The first-order valence-electron chi connectivity index (χ1n) is 11.7. The van der Waals surface area contributed by atoms with Crippen LogP contribution in [0, 0.1) is 24.7 Å². The summed E-state index contributed by atoms with van der Waals surface area (Å²) in [5, 5.41) is 10.9. The highest BCUT2D eigenvalue weighted by molar-refractivity contribution is 7.90. The Labute approximate surface area is 198 Å². The zero-order valence-corrected chi connectivity index (χ0v) is 19.9. The topological polar surface area (TPSA) is 96.7 Å². The Balaban J connectivity index is 1.71. The predicted molar refractivity (Wildman–Crippen MR) is 126 cm³/mol. The maximum absolute atomic E-state index is 14.2. The van der Waals surface area contributed by atoms with Crippen molar-refractivity contribution in [1.29, 1.82) is 0 Å². The maximum atomic E-state index is 14.2. The normalized spacial score (nSPS) is 28.1. The van der Waals surface area contributed by atoms with Crippen molar-refractivity contribution in [3.8, 4) is 0 Å². The SMILES string of the molecule is Cc1ccc(S(=O)(=O)n2c3c(c4ccccc42)CCN2C(=O)C[C@H]4[C@H](C(=O)O)[C@@H](C)C[C@]342)cc1. The van der Waals surface area contributed by atoms with Crippen LogP contribution < -0.4 is 0 Å². The van der Waals surface area contributed by atoms with Gasteiger partial charge in [-0.25, -0.2) is 12.4 Å². The lowest BCUT2D eigenvalue weighted by molar-refractivity contribution is -0.144.